The highest BCUT2D eigenvalue weighted by atomic mass is 15.2. The lowest BCUT2D eigenvalue weighted by Gasteiger charge is -2.35. The normalized spacial score (nSPS) is 20.1. The quantitative estimate of drug-likeness (QED) is 0.883. The molecule has 18 heavy (non-hydrogen) atoms. The molecule has 0 aliphatic carbocycles. The van der Waals surface area contributed by atoms with Gasteiger partial charge >= 0.3 is 0 Å². The number of benzene rings is 1. The van der Waals surface area contributed by atoms with Crippen molar-refractivity contribution in [3.05, 3.63) is 29.8 Å². The predicted octanol–water partition coefficient (Wildman–Crippen LogP) is 3.35. The smallest absolute Gasteiger partial charge is 0.0403 e. The molecule has 1 heterocycles. The van der Waals surface area contributed by atoms with Crippen LogP contribution in [0.4, 0.5) is 5.69 Å². The first-order chi connectivity index (χ1) is 8.54. The highest BCUT2D eigenvalue weighted by Crippen LogP contribution is 2.35. The molecule has 1 aliphatic heterocycles. The van der Waals surface area contributed by atoms with Crippen molar-refractivity contribution in [2.45, 2.75) is 58.0 Å². The zero-order chi connectivity index (χ0) is 13.2. The van der Waals surface area contributed by atoms with E-state index in [-0.39, 0.29) is 11.6 Å². The second-order valence-corrected chi connectivity index (χ2v) is 6.07. The number of hydrogen-bond acceptors (Lipinski definition) is 2. The van der Waals surface area contributed by atoms with Crippen LogP contribution in [0.1, 0.15) is 45.6 Å². The zero-order valence-electron chi connectivity index (χ0n) is 11.9. The summed E-state index contributed by atoms with van der Waals surface area (Å²) in [5.74, 6) is 0. The van der Waals surface area contributed by atoms with Crippen LogP contribution in [-0.4, -0.2) is 18.1 Å². The van der Waals surface area contributed by atoms with Crippen LogP contribution < -0.4 is 10.6 Å². The third kappa shape index (κ3) is 2.69. The van der Waals surface area contributed by atoms with Gasteiger partial charge < -0.3 is 10.6 Å². The van der Waals surface area contributed by atoms with E-state index >= 15 is 0 Å². The average molecular weight is 246 g/mol. The molecule has 1 unspecified atom stereocenters. The fraction of sp³-hybridized carbons (Fsp3) is 0.625. The first-order valence-corrected chi connectivity index (χ1v) is 7.15. The summed E-state index contributed by atoms with van der Waals surface area (Å²) in [6.07, 6.45) is 4.60. The summed E-state index contributed by atoms with van der Waals surface area (Å²) < 4.78 is 0. The lowest BCUT2D eigenvalue weighted by atomic mass is 9.98. The molecule has 2 nitrogen and oxygen atoms in total. The number of para-hydroxylation sites is 1. The molecular weight excluding hydrogens is 220 g/mol. The molecule has 1 saturated heterocycles. The third-order valence-electron chi connectivity index (χ3n) is 4.19. The van der Waals surface area contributed by atoms with Crippen molar-refractivity contribution in [3.63, 3.8) is 0 Å². The molecule has 1 aromatic carbocycles. The topological polar surface area (TPSA) is 29.3 Å². The molecule has 1 fully saturated rings. The Labute approximate surface area is 111 Å². The second-order valence-electron chi connectivity index (χ2n) is 6.07. The third-order valence-corrected chi connectivity index (χ3v) is 4.19. The maximum Gasteiger partial charge on any atom is 0.0403 e. The average Bonchev–Trinajstić information content (AvgIpc) is 2.69. The van der Waals surface area contributed by atoms with Gasteiger partial charge in [0.05, 0.1) is 0 Å². The Morgan fingerprint density at radius 3 is 2.67 bits per heavy atom. The SMILES string of the molecule is CCC(N)Cc1ccccc1N1CCCC1(C)C. The van der Waals surface area contributed by atoms with Crippen LogP contribution in [0.15, 0.2) is 24.3 Å². The van der Waals surface area contributed by atoms with E-state index in [9.17, 15) is 0 Å². The van der Waals surface area contributed by atoms with Gasteiger partial charge in [0.2, 0.25) is 0 Å². The highest BCUT2D eigenvalue weighted by Gasteiger charge is 2.32. The monoisotopic (exact) mass is 246 g/mol. The van der Waals surface area contributed by atoms with Crippen LogP contribution in [0.5, 0.6) is 0 Å². The summed E-state index contributed by atoms with van der Waals surface area (Å²) in [6.45, 7) is 8.02. The van der Waals surface area contributed by atoms with Crippen LogP contribution in [0.25, 0.3) is 0 Å². The Balaban J connectivity index is 2.27. The summed E-state index contributed by atoms with van der Waals surface area (Å²) in [4.78, 5) is 2.56. The van der Waals surface area contributed by atoms with Crippen LogP contribution in [0.3, 0.4) is 0 Å². The summed E-state index contributed by atoms with van der Waals surface area (Å²) in [6, 6.07) is 9.04. The van der Waals surface area contributed by atoms with Crippen molar-refractivity contribution in [1.82, 2.24) is 0 Å². The second kappa shape index (κ2) is 5.31. The fourth-order valence-electron chi connectivity index (χ4n) is 2.93. The molecule has 0 aromatic heterocycles. The van der Waals surface area contributed by atoms with E-state index in [1.165, 1.54) is 30.6 Å². The van der Waals surface area contributed by atoms with Crippen molar-refractivity contribution in [2.75, 3.05) is 11.4 Å². The van der Waals surface area contributed by atoms with E-state index in [0.717, 1.165) is 12.8 Å². The first kappa shape index (κ1) is 13.4. The molecule has 2 N–H and O–H groups in total. The molecule has 0 bridgehead atoms. The van der Waals surface area contributed by atoms with Crippen molar-refractivity contribution in [3.8, 4) is 0 Å². The molecule has 100 valence electrons. The summed E-state index contributed by atoms with van der Waals surface area (Å²) in [7, 11) is 0. The van der Waals surface area contributed by atoms with Gasteiger partial charge in [-0.3, -0.25) is 0 Å². The summed E-state index contributed by atoms with van der Waals surface area (Å²) in [5, 5.41) is 0. The Kier molecular flexibility index (Phi) is 3.96. The van der Waals surface area contributed by atoms with Gasteiger partial charge in [0.25, 0.3) is 0 Å². The van der Waals surface area contributed by atoms with E-state index in [0.29, 0.717) is 0 Å². The number of anilines is 1. The number of hydrogen-bond donors (Lipinski definition) is 1. The van der Waals surface area contributed by atoms with E-state index in [2.05, 4.69) is 49.9 Å². The van der Waals surface area contributed by atoms with Gasteiger partial charge in [-0.15, -0.1) is 0 Å². The van der Waals surface area contributed by atoms with Gasteiger partial charge in [-0.05, 0) is 51.2 Å². The molecule has 1 aliphatic rings. The van der Waals surface area contributed by atoms with Crippen LogP contribution in [-0.2, 0) is 6.42 Å². The molecule has 2 rings (SSSR count). The van der Waals surface area contributed by atoms with E-state index in [4.69, 9.17) is 5.73 Å². The largest absolute Gasteiger partial charge is 0.366 e. The molecule has 0 saturated carbocycles. The van der Waals surface area contributed by atoms with Crippen LogP contribution in [0, 0.1) is 0 Å². The van der Waals surface area contributed by atoms with Crippen LogP contribution in [0.2, 0.25) is 0 Å². The van der Waals surface area contributed by atoms with Gasteiger partial charge in [-0.25, -0.2) is 0 Å². The lowest BCUT2D eigenvalue weighted by molar-refractivity contribution is 0.515. The number of nitrogens with two attached hydrogens (primary N) is 1. The van der Waals surface area contributed by atoms with Crippen molar-refractivity contribution >= 4 is 5.69 Å². The van der Waals surface area contributed by atoms with Crippen molar-refractivity contribution in [2.24, 2.45) is 5.73 Å². The highest BCUT2D eigenvalue weighted by molar-refractivity contribution is 5.56. The summed E-state index contributed by atoms with van der Waals surface area (Å²) in [5.41, 5.74) is 9.20. The lowest BCUT2D eigenvalue weighted by Crippen LogP contribution is -2.39. The minimum atomic E-state index is 0.275. The molecule has 0 amide bonds. The number of nitrogens with zero attached hydrogens (tertiary/aromatic N) is 1. The Morgan fingerprint density at radius 2 is 2.06 bits per heavy atom. The van der Waals surface area contributed by atoms with Gasteiger partial charge in [0.15, 0.2) is 0 Å². The molecular formula is C16H26N2. The van der Waals surface area contributed by atoms with Crippen molar-refractivity contribution in [1.29, 1.82) is 0 Å². The Hall–Kier alpha value is -1.02. The van der Waals surface area contributed by atoms with Gasteiger partial charge in [0, 0.05) is 23.8 Å². The van der Waals surface area contributed by atoms with Crippen LogP contribution >= 0.6 is 0 Å². The van der Waals surface area contributed by atoms with E-state index in [1.807, 2.05) is 0 Å². The standard InChI is InChI=1S/C16H26N2/c1-4-14(17)12-13-8-5-6-9-15(13)18-11-7-10-16(18,2)3/h5-6,8-9,14H,4,7,10-12,17H2,1-3H3. The maximum atomic E-state index is 6.12. The van der Waals surface area contributed by atoms with E-state index in [1.54, 1.807) is 0 Å². The first-order valence-electron chi connectivity index (χ1n) is 7.15. The van der Waals surface area contributed by atoms with E-state index < -0.39 is 0 Å². The summed E-state index contributed by atoms with van der Waals surface area (Å²) >= 11 is 0. The molecule has 2 heteroatoms. The van der Waals surface area contributed by atoms with Gasteiger partial charge in [-0.1, -0.05) is 25.1 Å². The zero-order valence-corrected chi connectivity index (χ0v) is 11.9. The Morgan fingerprint density at radius 1 is 1.33 bits per heavy atom. The number of rotatable bonds is 4. The molecule has 0 spiro atoms. The Bertz CT molecular complexity index is 398. The minimum Gasteiger partial charge on any atom is -0.366 e. The van der Waals surface area contributed by atoms with Crippen molar-refractivity contribution < 1.29 is 0 Å². The molecule has 0 radical (unpaired) electrons. The molecule has 1 aromatic rings. The fourth-order valence-corrected chi connectivity index (χ4v) is 2.93. The van der Waals surface area contributed by atoms with Gasteiger partial charge in [-0.2, -0.15) is 0 Å². The van der Waals surface area contributed by atoms with Gasteiger partial charge in [0.1, 0.15) is 0 Å². The maximum absolute atomic E-state index is 6.12. The predicted molar refractivity (Wildman–Crippen MR) is 79.1 cm³/mol. The molecule has 1 atom stereocenters. The minimum absolute atomic E-state index is 0.275.